The topological polar surface area (TPSA) is 68.2 Å². The summed E-state index contributed by atoms with van der Waals surface area (Å²) in [5, 5.41) is 11.7. The van der Waals surface area contributed by atoms with Crippen LogP contribution in [0.25, 0.3) is 0 Å². The monoisotopic (exact) mass is 593 g/mol. The van der Waals surface area contributed by atoms with Gasteiger partial charge < -0.3 is 0 Å². The molecule has 2 bridgehead atoms. The van der Waals surface area contributed by atoms with Gasteiger partial charge in [-0.3, -0.25) is 0 Å². The Morgan fingerprint density at radius 2 is 2.15 bits per heavy atom. The van der Waals surface area contributed by atoms with E-state index < -0.39 is 6.10 Å². The van der Waals surface area contributed by atoms with E-state index in [9.17, 15) is 9.90 Å². The number of hydrogen-bond donors (Lipinski definition) is 1. The molecule has 1 saturated carbocycles. The summed E-state index contributed by atoms with van der Waals surface area (Å²) in [6, 6.07) is 12.4. The van der Waals surface area contributed by atoms with Gasteiger partial charge in [-0.1, -0.05) is 0 Å². The number of rotatable bonds is 4. The average Bonchev–Trinajstić information content (AvgIpc) is 3.17. The summed E-state index contributed by atoms with van der Waals surface area (Å²) in [7, 11) is 1.66. The Balaban J connectivity index is 1.48. The predicted molar refractivity (Wildman–Crippen MR) is 132 cm³/mol. The Bertz CT molecular complexity index is 1130. The van der Waals surface area contributed by atoms with Crippen LogP contribution < -0.4 is 13.9 Å². The van der Waals surface area contributed by atoms with E-state index in [1.54, 1.807) is 7.11 Å². The number of amides is 1. The molecule has 0 unspecified atom stereocenters. The molecule has 6 nitrogen and oxygen atoms in total. The molecule has 8 heteroatoms. The first kappa shape index (κ1) is 22.7. The molecule has 2 aromatic carbocycles. The van der Waals surface area contributed by atoms with E-state index in [0.29, 0.717) is 18.9 Å². The van der Waals surface area contributed by atoms with Crippen LogP contribution >= 0.6 is 15.9 Å². The Kier molecular flexibility index (Phi) is 5.64. The number of likely N-dealkylation sites (tertiary alicyclic amines) is 1. The van der Waals surface area contributed by atoms with Gasteiger partial charge in [-0.25, -0.2) is 0 Å². The fourth-order valence-electron chi connectivity index (χ4n) is 6.88. The maximum atomic E-state index is 13.0. The number of carbonyl (C=O) groups is 1. The number of hydrogen-bond acceptors (Lipinski definition) is 5. The number of halogens is 1. The number of aliphatic hydroxyl groups excluding tert-OH is 1. The van der Waals surface area contributed by atoms with E-state index in [2.05, 4.69) is 40.2 Å². The van der Waals surface area contributed by atoms with E-state index in [4.69, 9.17) is 14.2 Å². The molecule has 2 aliphatic carbocycles. The van der Waals surface area contributed by atoms with Crippen molar-refractivity contribution >= 4 is 41.4 Å². The van der Waals surface area contributed by atoms with Crippen LogP contribution in [-0.4, -0.2) is 69.6 Å². The first-order valence-electron chi connectivity index (χ1n) is 11.9. The molecular weight excluding hydrogens is 565 g/mol. The molecule has 0 radical (unpaired) electrons. The van der Waals surface area contributed by atoms with E-state index in [1.165, 1.54) is 15.6 Å². The van der Waals surface area contributed by atoms with Crippen LogP contribution in [0.5, 0.6) is 11.5 Å². The van der Waals surface area contributed by atoms with Gasteiger partial charge in [-0.05, 0) is 0 Å². The van der Waals surface area contributed by atoms with Crippen molar-refractivity contribution in [1.82, 2.24) is 4.90 Å². The summed E-state index contributed by atoms with van der Waals surface area (Å²) < 4.78 is 20.1. The number of nitrogens with zero attached hydrogens (tertiary/aromatic N) is 1. The second-order valence-corrected chi connectivity index (χ2v) is 13.1. The number of benzene rings is 2. The van der Waals surface area contributed by atoms with Gasteiger partial charge in [0.05, 0.1) is 0 Å². The van der Waals surface area contributed by atoms with Crippen LogP contribution in [0, 0.1) is 5.92 Å². The quantitative estimate of drug-likeness (QED) is 0.551. The number of ether oxygens (including phenoxy) is 3. The van der Waals surface area contributed by atoms with Crippen molar-refractivity contribution in [2.24, 2.45) is 5.92 Å². The Hall–Kier alpha value is -1.73. The molecule has 1 saturated heterocycles. The van der Waals surface area contributed by atoms with Gasteiger partial charge in [0.2, 0.25) is 0 Å². The molecule has 180 valence electrons. The number of aliphatic hydroxyl groups is 1. The third kappa shape index (κ3) is 3.11. The van der Waals surface area contributed by atoms with Crippen LogP contribution in [0.4, 0.5) is 4.79 Å². The fourth-order valence-corrected chi connectivity index (χ4v) is 10.1. The van der Waals surface area contributed by atoms with Gasteiger partial charge in [0.15, 0.2) is 0 Å². The zero-order valence-electron chi connectivity index (χ0n) is 19.2. The SMILES string of the molecule is CCOC(=O)N1CC[C@]23c4c5c(Br)cc(OC)c4O[C@H]2[C@@H](O)[C@H]([Se]c2ccccc2)C[C@H]3[C@H]1C5. The van der Waals surface area contributed by atoms with Crippen molar-refractivity contribution in [3.05, 3.63) is 52.0 Å². The Labute approximate surface area is 214 Å². The Morgan fingerprint density at radius 3 is 2.88 bits per heavy atom. The first-order chi connectivity index (χ1) is 16.5. The van der Waals surface area contributed by atoms with E-state index in [0.717, 1.165) is 29.5 Å². The van der Waals surface area contributed by atoms with Crippen molar-refractivity contribution in [3.63, 3.8) is 0 Å². The van der Waals surface area contributed by atoms with Crippen molar-refractivity contribution < 1.29 is 24.1 Å². The molecule has 2 fully saturated rings. The molecule has 1 spiro atoms. The first-order valence-corrected chi connectivity index (χ1v) is 14.5. The molecular formula is C26H28BrNO5Se. The predicted octanol–water partition coefficient (Wildman–Crippen LogP) is 3.44. The standard InChI is InChI=1S/C26H28BrNO5Se/c1-3-32-25(30)28-10-9-26-16-12-20(34-14-7-5-4-6-8-14)22(29)24(26)33-23-19(31-2)13-17(27)15(21(23)26)11-18(16)28/h4-8,13,16,18,20,22,24,29H,3,9-12H2,1-2H3/t16-,18+,20+,22-,24-,26-/m0/s1. The number of carbonyl (C=O) groups excluding carboxylic acids is 1. The van der Waals surface area contributed by atoms with Crippen LogP contribution in [0.15, 0.2) is 40.9 Å². The van der Waals surface area contributed by atoms with Gasteiger partial charge in [0.1, 0.15) is 0 Å². The van der Waals surface area contributed by atoms with Gasteiger partial charge >= 0.3 is 215 Å². The molecule has 6 atom stereocenters. The third-order valence-electron chi connectivity index (χ3n) is 8.15. The summed E-state index contributed by atoms with van der Waals surface area (Å²) in [6.07, 6.45) is 1.21. The molecule has 2 heterocycles. The summed E-state index contributed by atoms with van der Waals surface area (Å²) in [5.74, 6) is 1.68. The molecule has 2 aromatic rings. The number of piperidine rings is 1. The van der Waals surface area contributed by atoms with Crippen molar-refractivity contribution in [3.8, 4) is 11.5 Å². The molecule has 0 aromatic heterocycles. The summed E-state index contributed by atoms with van der Waals surface area (Å²) in [4.78, 5) is 15.0. The zero-order chi connectivity index (χ0) is 23.6. The van der Waals surface area contributed by atoms with E-state index in [-0.39, 0.29) is 49.3 Å². The van der Waals surface area contributed by atoms with Crippen molar-refractivity contribution in [2.75, 3.05) is 20.3 Å². The van der Waals surface area contributed by atoms with Gasteiger partial charge in [-0.2, -0.15) is 0 Å². The van der Waals surface area contributed by atoms with Gasteiger partial charge in [-0.15, -0.1) is 0 Å². The molecule has 1 N–H and O–H groups in total. The minimum atomic E-state index is -0.576. The van der Waals surface area contributed by atoms with Gasteiger partial charge in [0.25, 0.3) is 0 Å². The van der Waals surface area contributed by atoms with Crippen LogP contribution in [0.1, 0.15) is 30.9 Å². The third-order valence-corrected chi connectivity index (χ3v) is 11.6. The zero-order valence-corrected chi connectivity index (χ0v) is 22.5. The van der Waals surface area contributed by atoms with Crippen LogP contribution in [-0.2, 0) is 16.6 Å². The molecule has 1 amide bonds. The minimum absolute atomic E-state index is 0.0172. The number of methoxy groups -OCH3 is 1. The van der Waals surface area contributed by atoms with Crippen molar-refractivity contribution in [1.29, 1.82) is 0 Å². The summed E-state index contributed by atoms with van der Waals surface area (Å²) in [6.45, 7) is 2.82. The molecule has 6 rings (SSSR count). The maximum absolute atomic E-state index is 13.0. The normalized spacial score (nSPS) is 32.6. The molecule has 34 heavy (non-hydrogen) atoms. The van der Waals surface area contributed by atoms with Crippen LogP contribution in [0.3, 0.4) is 0 Å². The second-order valence-electron chi connectivity index (χ2n) is 9.54. The Morgan fingerprint density at radius 1 is 1.35 bits per heavy atom. The summed E-state index contributed by atoms with van der Waals surface area (Å²) >= 11 is 3.87. The fraction of sp³-hybridized carbons (Fsp3) is 0.500. The van der Waals surface area contributed by atoms with Crippen molar-refractivity contribution in [2.45, 2.75) is 54.7 Å². The average molecular weight is 593 g/mol. The van der Waals surface area contributed by atoms with E-state index >= 15 is 0 Å². The molecule has 2 aliphatic heterocycles. The van der Waals surface area contributed by atoms with Gasteiger partial charge in [0, 0.05) is 0 Å². The second kappa shape index (κ2) is 8.44. The molecule has 4 aliphatic rings. The van der Waals surface area contributed by atoms with E-state index in [1.807, 2.05) is 24.0 Å². The van der Waals surface area contributed by atoms with Crippen LogP contribution in [0.2, 0.25) is 4.82 Å². The summed E-state index contributed by atoms with van der Waals surface area (Å²) in [5.41, 5.74) is 2.04.